The largest absolute Gasteiger partial charge is 0.497 e. The van der Waals surface area contributed by atoms with E-state index in [1.54, 1.807) is 7.11 Å². The first-order chi connectivity index (χ1) is 9.33. The lowest BCUT2D eigenvalue weighted by Gasteiger charge is -2.24. The van der Waals surface area contributed by atoms with Crippen molar-refractivity contribution in [2.75, 3.05) is 33.8 Å². The summed E-state index contributed by atoms with van der Waals surface area (Å²) in [6.07, 6.45) is 5.07. The van der Waals surface area contributed by atoms with Crippen LogP contribution in [0.25, 0.3) is 0 Å². The van der Waals surface area contributed by atoms with Gasteiger partial charge in [0, 0.05) is 12.6 Å². The number of hydrogen-bond acceptors (Lipinski definition) is 3. The fraction of sp³-hybridized carbons (Fsp3) is 0.625. The van der Waals surface area contributed by atoms with E-state index in [1.807, 2.05) is 13.1 Å². The third kappa shape index (κ3) is 4.22. The molecule has 0 aliphatic carbocycles. The zero-order valence-electron chi connectivity index (χ0n) is 12.2. The third-order valence-electron chi connectivity index (χ3n) is 3.98. The van der Waals surface area contributed by atoms with Crippen LogP contribution in [-0.2, 0) is 6.42 Å². The first kappa shape index (κ1) is 14.4. The molecule has 1 aliphatic heterocycles. The van der Waals surface area contributed by atoms with Crippen molar-refractivity contribution in [3.05, 3.63) is 29.8 Å². The zero-order chi connectivity index (χ0) is 13.5. The molecule has 0 aromatic heterocycles. The molecule has 0 bridgehead atoms. The Hall–Kier alpha value is -1.06. The van der Waals surface area contributed by atoms with Crippen molar-refractivity contribution in [3.8, 4) is 5.75 Å². The summed E-state index contributed by atoms with van der Waals surface area (Å²) in [6, 6.07) is 9.17. The highest BCUT2D eigenvalue weighted by Crippen LogP contribution is 2.18. The van der Waals surface area contributed by atoms with Crippen molar-refractivity contribution >= 4 is 0 Å². The van der Waals surface area contributed by atoms with Crippen LogP contribution in [0.5, 0.6) is 5.75 Å². The number of likely N-dealkylation sites (tertiary alicyclic amines) is 1. The lowest BCUT2D eigenvalue weighted by atomic mass is 10.1. The first-order valence-corrected chi connectivity index (χ1v) is 7.35. The average Bonchev–Trinajstić information content (AvgIpc) is 2.87. The molecular formula is C16H26N2O. The predicted octanol–water partition coefficient (Wildman–Crippen LogP) is 2.31. The Labute approximate surface area is 116 Å². The normalized spacial score (nSPS) is 19.8. The Morgan fingerprint density at radius 1 is 1.42 bits per heavy atom. The van der Waals surface area contributed by atoms with Crippen LogP contribution in [0.2, 0.25) is 0 Å². The molecule has 1 saturated heterocycles. The molecule has 1 aliphatic rings. The predicted molar refractivity (Wildman–Crippen MR) is 79.8 cm³/mol. The van der Waals surface area contributed by atoms with Crippen LogP contribution < -0.4 is 10.1 Å². The number of nitrogens with zero attached hydrogens (tertiary/aromatic N) is 1. The summed E-state index contributed by atoms with van der Waals surface area (Å²) in [6.45, 7) is 3.60. The Kier molecular flexibility index (Phi) is 5.67. The molecule has 3 heteroatoms. The van der Waals surface area contributed by atoms with Gasteiger partial charge in [0.25, 0.3) is 0 Å². The van der Waals surface area contributed by atoms with Crippen LogP contribution >= 0.6 is 0 Å². The van der Waals surface area contributed by atoms with E-state index >= 15 is 0 Å². The summed E-state index contributed by atoms with van der Waals surface area (Å²) in [5.74, 6) is 0.965. The smallest absolute Gasteiger partial charge is 0.119 e. The lowest BCUT2D eigenvalue weighted by molar-refractivity contribution is 0.248. The highest BCUT2D eigenvalue weighted by Gasteiger charge is 2.22. The van der Waals surface area contributed by atoms with Crippen molar-refractivity contribution in [2.24, 2.45) is 0 Å². The standard InChI is InChI=1S/C16H26N2O/c1-17-13-15-8-5-11-18(15)10-4-7-14-6-3-9-16(12-14)19-2/h3,6,9,12,15,17H,4-5,7-8,10-11,13H2,1-2H3. The van der Waals surface area contributed by atoms with Crippen LogP contribution in [0.1, 0.15) is 24.8 Å². The van der Waals surface area contributed by atoms with Crippen LogP contribution in [0.15, 0.2) is 24.3 Å². The van der Waals surface area contributed by atoms with Crippen LogP contribution in [0, 0.1) is 0 Å². The molecule has 1 N–H and O–H groups in total. The quantitative estimate of drug-likeness (QED) is 0.816. The zero-order valence-corrected chi connectivity index (χ0v) is 12.2. The van der Waals surface area contributed by atoms with E-state index in [2.05, 4.69) is 28.4 Å². The van der Waals surface area contributed by atoms with Gasteiger partial charge in [0.05, 0.1) is 7.11 Å². The molecule has 0 radical (unpaired) electrons. The van der Waals surface area contributed by atoms with Gasteiger partial charge in [-0.3, -0.25) is 4.90 Å². The first-order valence-electron chi connectivity index (χ1n) is 7.35. The molecule has 1 aromatic carbocycles. The number of methoxy groups -OCH3 is 1. The van der Waals surface area contributed by atoms with Gasteiger partial charge in [-0.05, 0) is 63.5 Å². The van der Waals surface area contributed by atoms with Gasteiger partial charge in [0.15, 0.2) is 0 Å². The molecule has 3 nitrogen and oxygen atoms in total. The summed E-state index contributed by atoms with van der Waals surface area (Å²) in [5.41, 5.74) is 1.38. The van der Waals surface area contributed by atoms with Gasteiger partial charge in [0.2, 0.25) is 0 Å². The van der Waals surface area contributed by atoms with E-state index in [1.165, 1.54) is 37.9 Å². The fourth-order valence-electron chi connectivity index (χ4n) is 2.97. The summed E-state index contributed by atoms with van der Waals surface area (Å²) in [5, 5.41) is 3.30. The Morgan fingerprint density at radius 3 is 3.11 bits per heavy atom. The molecule has 1 atom stereocenters. The van der Waals surface area contributed by atoms with Crippen LogP contribution in [0.4, 0.5) is 0 Å². The molecule has 106 valence electrons. The van der Waals surface area contributed by atoms with Gasteiger partial charge < -0.3 is 10.1 Å². The van der Waals surface area contributed by atoms with Gasteiger partial charge in [-0.2, -0.15) is 0 Å². The fourth-order valence-corrected chi connectivity index (χ4v) is 2.97. The van der Waals surface area contributed by atoms with Crippen LogP contribution in [0.3, 0.4) is 0 Å². The highest BCUT2D eigenvalue weighted by molar-refractivity contribution is 5.28. The number of nitrogens with one attached hydrogen (secondary N) is 1. The molecule has 1 aromatic rings. The number of likely N-dealkylation sites (N-methyl/N-ethyl adjacent to an activating group) is 1. The van der Waals surface area contributed by atoms with E-state index in [0.29, 0.717) is 0 Å². The van der Waals surface area contributed by atoms with Crippen molar-refractivity contribution in [3.63, 3.8) is 0 Å². The maximum atomic E-state index is 5.26. The summed E-state index contributed by atoms with van der Waals surface area (Å²) >= 11 is 0. The van der Waals surface area contributed by atoms with Gasteiger partial charge in [-0.25, -0.2) is 0 Å². The van der Waals surface area contributed by atoms with E-state index in [0.717, 1.165) is 24.8 Å². The topological polar surface area (TPSA) is 24.5 Å². The summed E-state index contributed by atoms with van der Waals surface area (Å²) in [7, 11) is 3.78. The molecule has 0 spiro atoms. The number of benzene rings is 1. The Balaban J connectivity index is 1.76. The molecule has 1 unspecified atom stereocenters. The number of ether oxygens (including phenoxy) is 1. The molecule has 0 amide bonds. The van der Waals surface area contributed by atoms with Crippen molar-refractivity contribution in [1.82, 2.24) is 10.2 Å². The maximum Gasteiger partial charge on any atom is 0.119 e. The summed E-state index contributed by atoms with van der Waals surface area (Å²) < 4.78 is 5.26. The van der Waals surface area contributed by atoms with E-state index < -0.39 is 0 Å². The second kappa shape index (κ2) is 7.51. The Morgan fingerprint density at radius 2 is 2.32 bits per heavy atom. The van der Waals surface area contributed by atoms with Gasteiger partial charge in [-0.1, -0.05) is 12.1 Å². The second-order valence-electron chi connectivity index (χ2n) is 5.34. The van der Waals surface area contributed by atoms with E-state index in [-0.39, 0.29) is 0 Å². The lowest BCUT2D eigenvalue weighted by Crippen LogP contribution is -2.37. The van der Waals surface area contributed by atoms with Crippen molar-refractivity contribution in [2.45, 2.75) is 31.7 Å². The average molecular weight is 262 g/mol. The minimum Gasteiger partial charge on any atom is -0.497 e. The van der Waals surface area contributed by atoms with Gasteiger partial charge >= 0.3 is 0 Å². The SMILES string of the molecule is CNCC1CCCN1CCCc1cccc(OC)c1. The van der Waals surface area contributed by atoms with Gasteiger partial charge in [0.1, 0.15) is 5.75 Å². The highest BCUT2D eigenvalue weighted by atomic mass is 16.5. The molecular weight excluding hydrogens is 236 g/mol. The second-order valence-corrected chi connectivity index (χ2v) is 5.34. The molecule has 19 heavy (non-hydrogen) atoms. The number of hydrogen-bond donors (Lipinski definition) is 1. The minimum absolute atomic E-state index is 0.746. The molecule has 1 heterocycles. The molecule has 2 rings (SSSR count). The van der Waals surface area contributed by atoms with Crippen molar-refractivity contribution in [1.29, 1.82) is 0 Å². The number of aryl methyl sites for hydroxylation is 1. The van der Waals surface area contributed by atoms with E-state index in [9.17, 15) is 0 Å². The molecule has 0 saturated carbocycles. The van der Waals surface area contributed by atoms with Gasteiger partial charge in [-0.15, -0.1) is 0 Å². The van der Waals surface area contributed by atoms with Crippen LogP contribution in [-0.4, -0.2) is 44.7 Å². The monoisotopic (exact) mass is 262 g/mol. The van der Waals surface area contributed by atoms with E-state index in [4.69, 9.17) is 4.74 Å². The number of rotatable bonds is 7. The van der Waals surface area contributed by atoms with Crippen molar-refractivity contribution < 1.29 is 4.74 Å². The maximum absolute atomic E-state index is 5.26. The minimum atomic E-state index is 0.746. The summed E-state index contributed by atoms with van der Waals surface area (Å²) in [4.78, 5) is 2.64. The third-order valence-corrected chi connectivity index (χ3v) is 3.98. The molecule has 1 fully saturated rings. The Bertz CT molecular complexity index is 381.